The molecule has 1 unspecified atom stereocenters. The third kappa shape index (κ3) is 3.08. The summed E-state index contributed by atoms with van der Waals surface area (Å²) in [6.07, 6.45) is 0.578. The van der Waals surface area contributed by atoms with Gasteiger partial charge in [0.1, 0.15) is 5.60 Å². The first-order valence-corrected chi connectivity index (χ1v) is 6.31. The zero-order valence-electron chi connectivity index (χ0n) is 12.3. The fourth-order valence-electron chi connectivity index (χ4n) is 1.77. The smallest absolute Gasteiger partial charge is 0.258 e. The highest BCUT2D eigenvalue weighted by atomic mass is 16.5. The molecule has 0 aliphatic carbocycles. The van der Waals surface area contributed by atoms with Crippen LogP contribution in [0.3, 0.4) is 0 Å². The molecule has 0 spiro atoms. The van der Waals surface area contributed by atoms with Gasteiger partial charge in [0.05, 0.1) is 0 Å². The average Bonchev–Trinajstić information content (AvgIpc) is 2.51. The highest BCUT2D eigenvalue weighted by molar-refractivity contribution is 6.00. The number of likely N-dealkylation sites (N-methyl/N-ethyl adjacent to an activating group) is 1. The van der Waals surface area contributed by atoms with Crippen LogP contribution in [0.25, 0.3) is 0 Å². The number of hydrogen-bond acceptors (Lipinski definition) is 4. The molecule has 1 aromatic carbocycles. The second kappa shape index (κ2) is 6.38. The molecule has 0 saturated heterocycles. The average molecular weight is 279 g/mol. The van der Waals surface area contributed by atoms with Crippen molar-refractivity contribution in [2.75, 3.05) is 19.1 Å². The van der Waals surface area contributed by atoms with E-state index in [-0.39, 0.29) is 11.7 Å². The topological polar surface area (TPSA) is 88.2 Å². The summed E-state index contributed by atoms with van der Waals surface area (Å²) in [5.74, 6) is -0.0973. The molecule has 1 amide bonds. The fraction of sp³-hybridized carbons (Fsp3) is 0.429. The Labute approximate surface area is 118 Å². The molecule has 0 heterocycles. The highest BCUT2D eigenvalue weighted by Crippen LogP contribution is 2.22. The van der Waals surface area contributed by atoms with E-state index < -0.39 is 5.60 Å². The molecule has 0 saturated carbocycles. The fourth-order valence-corrected chi connectivity index (χ4v) is 1.77. The molecule has 6 heteroatoms. The van der Waals surface area contributed by atoms with Crippen LogP contribution in [0, 0.1) is 0 Å². The maximum absolute atomic E-state index is 12.4. The monoisotopic (exact) mass is 279 g/mol. The number of oxime groups is 1. The summed E-state index contributed by atoms with van der Waals surface area (Å²) < 4.78 is 5.31. The minimum atomic E-state index is -0.848. The van der Waals surface area contributed by atoms with E-state index in [9.17, 15) is 4.79 Å². The van der Waals surface area contributed by atoms with Crippen LogP contribution >= 0.6 is 0 Å². The van der Waals surface area contributed by atoms with Gasteiger partial charge >= 0.3 is 0 Å². The van der Waals surface area contributed by atoms with E-state index in [1.165, 1.54) is 12.0 Å². The van der Waals surface area contributed by atoms with E-state index in [2.05, 4.69) is 5.16 Å². The third-order valence-corrected chi connectivity index (χ3v) is 3.54. The largest absolute Gasteiger partial charge is 0.409 e. The number of benzene rings is 1. The third-order valence-electron chi connectivity index (χ3n) is 3.54. The van der Waals surface area contributed by atoms with Crippen LogP contribution in [0.5, 0.6) is 0 Å². The first kappa shape index (κ1) is 16.0. The summed E-state index contributed by atoms with van der Waals surface area (Å²) in [5.41, 5.74) is 5.94. The highest BCUT2D eigenvalue weighted by Gasteiger charge is 2.34. The SMILES string of the molecule is CCC(C)(OC)C(=O)N(C)c1ccc(/C(N)=N/O)cc1. The van der Waals surface area contributed by atoms with E-state index in [1.807, 2.05) is 6.92 Å². The maximum atomic E-state index is 12.4. The van der Waals surface area contributed by atoms with Gasteiger partial charge in [0.25, 0.3) is 5.91 Å². The van der Waals surface area contributed by atoms with Gasteiger partial charge in [-0.25, -0.2) is 0 Å². The Hall–Kier alpha value is -2.08. The van der Waals surface area contributed by atoms with Gasteiger partial charge in [0.15, 0.2) is 5.84 Å². The molecule has 1 aromatic rings. The molecule has 110 valence electrons. The van der Waals surface area contributed by atoms with E-state index in [0.29, 0.717) is 17.7 Å². The van der Waals surface area contributed by atoms with Gasteiger partial charge in [0, 0.05) is 25.4 Å². The second-order valence-corrected chi connectivity index (χ2v) is 4.68. The normalized spacial score (nSPS) is 14.7. The number of amidine groups is 1. The Morgan fingerprint density at radius 2 is 2.00 bits per heavy atom. The Bertz CT molecular complexity index is 493. The van der Waals surface area contributed by atoms with Crippen molar-refractivity contribution in [1.29, 1.82) is 0 Å². The first-order chi connectivity index (χ1) is 9.39. The number of carbonyl (C=O) groups is 1. The minimum absolute atomic E-state index is 0.0285. The first-order valence-electron chi connectivity index (χ1n) is 6.31. The van der Waals surface area contributed by atoms with Crippen LogP contribution < -0.4 is 10.6 Å². The molecular formula is C14H21N3O3. The molecule has 0 radical (unpaired) electrons. The van der Waals surface area contributed by atoms with Crippen molar-refractivity contribution in [2.45, 2.75) is 25.9 Å². The van der Waals surface area contributed by atoms with Gasteiger partial charge in [-0.05, 0) is 37.6 Å². The number of anilines is 1. The molecule has 3 N–H and O–H groups in total. The lowest BCUT2D eigenvalue weighted by Gasteiger charge is -2.30. The molecule has 20 heavy (non-hydrogen) atoms. The van der Waals surface area contributed by atoms with Crippen LogP contribution in [-0.2, 0) is 9.53 Å². The lowest BCUT2D eigenvalue weighted by atomic mass is 10.0. The summed E-state index contributed by atoms with van der Waals surface area (Å²) in [5, 5.41) is 11.5. The number of amides is 1. The van der Waals surface area contributed by atoms with Gasteiger partial charge in [-0.3, -0.25) is 4.79 Å². The maximum Gasteiger partial charge on any atom is 0.258 e. The number of nitrogens with two attached hydrogens (primary N) is 1. The van der Waals surface area contributed by atoms with E-state index in [4.69, 9.17) is 15.7 Å². The number of carbonyl (C=O) groups excluding carboxylic acids is 1. The Morgan fingerprint density at radius 3 is 2.40 bits per heavy atom. The van der Waals surface area contributed by atoms with Crippen LogP contribution in [0.4, 0.5) is 5.69 Å². The number of ether oxygens (including phenoxy) is 1. The summed E-state index contributed by atoms with van der Waals surface area (Å²) in [4.78, 5) is 13.9. The van der Waals surface area contributed by atoms with Crippen molar-refractivity contribution in [2.24, 2.45) is 10.9 Å². The number of nitrogens with zero attached hydrogens (tertiary/aromatic N) is 2. The molecule has 0 aliphatic heterocycles. The van der Waals surface area contributed by atoms with Gasteiger partial charge in [-0.1, -0.05) is 12.1 Å². The Kier molecular flexibility index (Phi) is 5.10. The van der Waals surface area contributed by atoms with Gasteiger partial charge in [-0.15, -0.1) is 0 Å². The molecule has 0 aromatic heterocycles. The van der Waals surface area contributed by atoms with Gasteiger partial charge < -0.3 is 20.6 Å². The zero-order valence-corrected chi connectivity index (χ0v) is 12.3. The summed E-state index contributed by atoms with van der Waals surface area (Å²) in [7, 11) is 3.21. The Morgan fingerprint density at radius 1 is 1.45 bits per heavy atom. The van der Waals surface area contributed by atoms with Crippen molar-refractivity contribution < 1.29 is 14.7 Å². The van der Waals surface area contributed by atoms with Crippen LogP contribution in [0.1, 0.15) is 25.8 Å². The molecule has 0 fully saturated rings. The van der Waals surface area contributed by atoms with Crippen LogP contribution in [-0.4, -0.2) is 36.7 Å². The summed E-state index contributed by atoms with van der Waals surface area (Å²) in [6, 6.07) is 6.84. The molecule has 0 bridgehead atoms. The van der Waals surface area contributed by atoms with Crippen molar-refractivity contribution in [3.63, 3.8) is 0 Å². The van der Waals surface area contributed by atoms with Crippen LogP contribution in [0.2, 0.25) is 0 Å². The van der Waals surface area contributed by atoms with Crippen molar-refractivity contribution in [1.82, 2.24) is 0 Å². The van der Waals surface area contributed by atoms with E-state index >= 15 is 0 Å². The molecule has 6 nitrogen and oxygen atoms in total. The molecule has 0 aliphatic rings. The summed E-state index contributed by atoms with van der Waals surface area (Å²) in [6.45, 7) is 3.66. The van der Waals surface area contributed by atoms with Crippen molar-refractivity contribution in [3.05, 3.63) is 29.8 Å². The lowest BCUT2D eigenvalue weighted by Crippen LogP contribution is -2.46. The lowest BCUT2D eigenvalue weighted by molar-refractivity contribution is -0.138. The molecular weight excluding hydrogens is 258 g/mol. The Balaban J connectivity index is 2.98. The number of rotatable bonds is 5. The predicted molar refractivity (Wildman–Crippen MR) is 78.1 cm³/mol. The minimum Gasteiger partial charge on any atom is -0.409 e. The van der Waals surface area contributed by atoms with Crippen LogP contribution in [0.15, 0.2) is 29.4 Å². The molecule has 1 rings (SSSR count). The van der Waals surface area contributed by atoms with Crippen molar-refractivity contribution in [3.8, 4) is 0 Å². The standard InChI is InChI=1S/C14H21N3O3/c1-5-14(2,20-4)13(18)17(3)11-8-6-10(7-9-11)12(15)16-19/h6-9,19H,5H2,1-4H3,(H2,15,16). The van der Waals surface area contributed by atoms with E-state index in [0.717, 1.165) is 0 Å². The van der Waals surface area contributed by atoms with Crippen molar-refractivity contribution >= 4 is 17.4 Å². The number of hydrogen-bond donors (Lipinski definition) is 2. The predicted octanol–water partition coefficient (Wildman–Crippen LogP) is 1.56. The van der Waals surface area contributed by atoms with E-state index in [1.54, 1.807) is 38.2 Å². The quantitative estimate of drug-likeness (QED) is 0.370. The molecule has 1 atom stereocenters. The summed E-state index contributed by atoms with van der Waals surface area (Å²) >= 11 is 0. The zero-order chi connectivity index (χ0) is 15.3. The van der Waals surface area contributed by atoms with Gasteiger partial charge in [0.2, 0.25) is 0 Å². The number of methoxy groups -OCH3 is 1. The van der Waals surface area contributed by atoms with Gasteiger partial charge in [-0.2, -0.15) is 0 Å². The second-order valence-electron chi connectivity index (χ2n) is 4.68.